The predicted molar refractivity (Wildman–Crippen MR) is 67.7 cm³/mol. The number of rotatable bonds is 7. The fourth-order valence-corrected chi connectivity index (χ4v) is 1.47. The van der Waals surface area contributed by atoms with Gasteiger partial charge in [0.2, 0.25) is 5.82 Å². The fraction of sp³-hybridized carbons (Fsp3) is 0.583. The molecule has 0 spiro atoms. The first-order chi connectivity index (χ1) is 9.13. The Bertz CT molecular complexity index is 499. The van der Waals surface area contributed by atoms with Crippen LogP contribution in [0.3, 0.4) is 0 Å². The van der Waals surface area contributed by atoms with Crippen molar-refractivity contribution in [2.75, 3.05) is 0 Å². The molecule has 0 saturated carbocycles. The van der Waals surface area contributed by atoms with Crippen LogP contribution in [0.1, 0.15) is 45.4 Å². The van der Waals surface area contributed by atoms with Gasteiger partial charge >= 0.3 is 5.69 Å². The Morgan fingerprint density at radius 3 is 2.84 bits per heavy atom. The molecular formula is C12H17FN4O2. The molecule has 1 aromatic heterocycles. The van der Waals surface area contributed by atoms with Gasteiger partial charge in [0, 0.05) is 12.6 Å². The van der Waals surface area contributed by atoms with Gasteiger partial charge in [-0.2, -0.15) is 4.98 Å². The lowest BCUT2D eigenvalue weighted by Gasteiger charge is -1.96. The van der Waals surface area contributed by atoms with Crippen LogP contribution in [-0.2, 0) is 4.79 Å². The van der Waals surface area contributed by atoms with Crippen LogP contribution in [-0.4, -0.2) is 15.9 Å². The molecule has 0 fully saturated rings. The number of nitrogens with one attached hydrogen (secondary N) is 1. The number of amides is 1. The summed E-state index contributed by atoms with van der Waals surface area (Å²) in [6.45, 7) is 2.11. The van der Waals surface area contributed by atoms with Gasteiger partial charge in [0.1, 0.15) is 0 Å². The van der Waals surface area contributed by atoms with E-state index in [1.165, 1.54) is 0 Å². The number of unbranched alkanes of at least 4 members (excludes halogenated alkanes) is 4. The summed E-state index contributed by atoms with van der Waals surface area (Å²) in [6, 6.07) is 0. The number of hydrogen-bond acceptors (Lipinski definition) is 4. The molecule has 1 heterocycles. The van der Waals surface area contributed by atoms with Gasteiger partial charge in [-0.15, -0.1) is 10.2 Å². The Kier molecular flexibility index (Phi) is 6.56. The van der Waals surface area contributed by atoms with Crippen molar-refractivity contribution >= 4 is 11.7 Å². The summed E-state index contributed by atoms with van der Waals surface area (Å²) in [5, 5.41) is 6.70. The normalized spacial score (nSPS) is 11.1. The Balaban J connectivity index is 2.41. The van der Waals surface area contributed by atoms with Crippen molar-refractivity contribution in [1.29, 1.82) is 0 Å². The number of carbonyl (C=O) groups excluding carboxylic acids is 1. The molecule has 0 aliphatic rings. The SMILES string of the molecule is CCCCCCCC(=O)/N=N/c1nc(=O)[nH]cc1F. The van der Waals surface area contributed by atoms with E-state index in [0.717, 1.165) is 38.3 Å². The lowest BCUT2D eigenvalue weighted by Crippen LogP contribution is -2.09. The second-order valence-corrected chi connectivity index (χ2v) is 4.14. The first-order valence-corrected chi connectivity index (χ1v) is 6.33. The molecule has 0 aliphatic carbocycles. The summed E-state index contributed by atoms with van der Waals surface area (Å²) >= 11 is 0. The van der Waals surface area contributed by atoms with Gasteiger partial charge in [0.15, 0.2) is 5.82 Å². The van der Waals surface area contributed by atoms with Gasteiger partial charge < -0.3 is 4.98 Å². The van der Waals surface area contributed by atoms with Crippen LogP contribution in [0.2, 0.25) is 0 Å². The molecule has 1 N–H and O–H groups in total. The van der Waals surface area contributed by atoms with Crippen molar-refractivity contribution in [3.63, 3.8) is 0 Å². The van der Waals surface area contributed by atoms with E-state index in [1.807, 2.05) is 0 Å². The Morgan fingerprint density at radius 1 is 1.37 bits per heavy atom. The number of azo groups is 1. The number of carbonyl (C=O) groups is 1. The van der Waals surface area contributed by atoms with Crippen LogP contribution in [0.4, 0.5) is 10.2 Å². The number of nitrogens with zero attached hydrogens (tertiary/aromatic N) is 3. The first kappa shape index (κ1) is 15.1. The highest BCUT2D eigenvalue weighted by Gasteiger charge is 2.04. The van der Waals surface area contributed by atoms with Crippen molar-refractivity contribution in [3.05, 3.63) is 22.5 Å². The summed E-state index contributed by atoms with van der Waals surface area (Å²) in [5.41, 5.74) is -0.734. The standard InChI is InChI=1S/C12H17FN4O2/c1-2-3-4-5-6-7-10(18)16-17-11-9(13)8-14-12(19)15-11/h8H,2-7H2,1H3,(H,14,15,19)/b17-16+. The van der Waals surface area contributed by atoms with E-state index in [0.29, 0.717) is 0 Å². The van der Waals surface area contributed by atoms with Crippen molar-refractivity contribution in [1.82, 2.24) is 9.97 Å². The average molecular weight is 268 g/mol. The van der Waals surface area contributed by atoms with E-state index in [1.54, 1.807) is 0 Å². The lowest BCUT2D eigenvalue weighted by atomic mass is 10.1. The Hall–Kier alpha value is -1.92. The quantitative estimate of drug-likeness (QED) is 0.609. The predicted octanol–water partition coefficient (Wildman–Crippen LogP) is 2.88. The maximum absolute atomic E-state index is 13.1. The molecule has 0 aromatic carbocycles. The van der Waals surface area contributed by atoms with Crippen LogP contribution < -0.4 is 5.69 Å². The number of aromatic nitrogens is 2. The van der Waals surface area contributed by atoms with E-state index < -0.39 is 23.2 Å². The van der Waals surface area contributed by atoms with Crippen molar-refractivity contribution in [2.24, 2.45) is 10.2 Å². The molecule has 6 nitrogen and oxygen atoms in total. The highest BCUT2D eigenvalue weighted by Crippen LogP contribution is 2.11. The van der Waals surface area contributed by atoms with Crippen molar-refractivity contribution in [2.45, 2.75) is 45.4 Å². The van der Waals surface area contributed by atoms with E-state index in [4.69, 9.17) is 0 Å². The van der Waals surface area contributed by atoms with Crippen LogP contribution in [0.25, 0.3) is 0 Å². The van der Waals surface area contributed by atoms with Gasteiger partial charge in [0.25, 0.3) is 5.91 Å². The zero-order chi connectivity index (χ0) is 14.1. The van der Waals surface area contributed by atoms with E-state index in [-0.39, 0.29) is 6.42 Å². The number of halogens is 1. The largest absolute Gasteiger partial charge is 0.347 e. The van der Waals surface area contributed by atoms with Crippen molar-refractivity contribution < 1.29 is 9.18 Å². The minimum atomic E-state index is -0.820. The monoisotopic (exact) mass is 268 g/mol. The Morgan fingerprint density at radius 2 is 2.11 bits per heavy atom. The molecule has 0 atom stereocenters. The zero-order valence-corrected chi connectivity index (χ0v) is 10.9. The van der Waals surface area contributed by atoms with Gasteiger partial charge in [-0.05, 0) is 6.42 Å². The number of hydrogen-bond donors (Lipinski definition) is 1. The topological polar surface area (TPSA) is 87.5 Å². The minimum absolute atomic E-state index is 0.276. The molecule has 0 unspecified atom stereocenters. The first-order valence-electron chi connectivity index (χ1n) is 6.33. The third-order valence-electron chi connectivity index (χ3n) is 2.49. The smallest absolute Gasteiger partial charge is 0.310 e. The molecule has 1 rings (SSSR count). The number of H-pyrrole nitrogens is 1. The second kappa shape index (κ2) is 8.23. The van der Waals surface area contributed by atoms with Crippen LogP contribution in [0.5, 0.6) is 0 Å². The third-order valence-corrected chi connectivity index (χ3v) is 2.49. The zero-order valence-electron chi connectivity index (χ0n) is 10.9. The minimum Gasteiger partial charge on any atom is -0.310 e. The molecule has 0 saturated heterocycles. The highest BCUT2D eigenvalue weighted by molar-refractivity contribution is 5.76. The van der Waals surface area contributed by atoms with E-state index in [9.17, 15) is 14.0 Å². The maximum Gasteiger partial charge on any atom is 0.347 e. The summed E-state index contributed by atoms with van der Waals surface area (Å²) in [7, 11) is 0. The van der Waals surface area contributed by atoms with Crippen molar-refractivity contribution in [3.8, 4) is 0 Å². The van der Waals surface area contributed by atoms with Gasteiger partial charge in [-0.3, -0.25) is 4.79 Å². The fourth-order valence-electron chi connectivity index (χ4n) is 1.47. The molecule has 1 amide bonds. The summed E-state index contributed by atoms with van der Waals surface area (Å²) in [6.07, 6.45) is 6.19. The number of aromatic amines is 1. The Labute approximate surface area is 110 Å². The average Bonchev–Trinajstić information content (AvgIpc) is 2.39. The second-order valence-electron chi connectivity index (χ2n) is 4.14. The lowest BCUT2D eigenvalue weighted by molar-refractivity contribution is -0.118. The van der Waals surface area contributed by atoms with Gasteiger partial charge in [-0.1, -0.05) is 32.6 Å². The molecule has 104 valence electrons. The summed E-state index contributed by atoms with van der Waals surface area (Å²) in [4.78, 5) is 27.5. The molecule has 0 aliphatic heterocycles. The third kappa shape index (κ3) is 5.98. The summed E-state index contributed by atoms with van der Waals surface area (Å²) in [5.74, 6) is -1.72. The van der Waals surface area contributed by atoms with E-state index in [2.05, 4.69) is 27.1 Å². The molecule has 19 heavy (non-hydrogen) atoms. The molecule has 1 aromatic rings. The van der Waals surface area contributed by atoms with Gasteiger partial charge in [0.05, 0.1) is 0 Å². The molecule has 0 bridgehead atoms. The van der Waals surface area contributed by atoms with Gasteiger partial charge in [-0.25, -0.2) is 9.18 Å². The van der Waals surface area contributed by atoms with Crippen LogP contribution in [0, 0.1) is 5.82 Å². The molecule has 7 heteroatoms. The van der Waals surface area contributed by atoms with Crippen LogP contribution >= 0.6 is 0 Å². The van der Waals surface area contributed by atoms with E-state index >= 15 is 0 Å². The highest BCUT2D eigenvalue weighted by atomic mass is 19.1. The molecular weight excluding hydrogens is 251 g/mol. The summed E-state index contributed by atoms with van der Waals surface area (Å²) < 4.78 is 13.1. The van der Waals surface area contributed by atoms with Crippen LogP contribution in [0.15, 0.2) is 21.2 Å². The maximum atomic E-state index is 13.1. The molecule has 0 radical (unpaired) electrons.